The van der Waals surface area contributed by atoms with E-state index in [2.05, 4.69) is 15.3 Å². The van der Waals surface area contributed by atoms with Crippen LogP contribution in [-0.2, 0) is 17.8 Å². The van der Waals surface area contributed by atoms with Gasteiger partial charge in [0.2, 0.25) is 5.91 Å². The van der Waals surface area contributed by atoms with Crippen LogP contribution in [0.3, 0.4) is 0 Å². The second-order valence-electron chi connectivity index (χ2n) is 5.89. The predicted octanol–water partition coefficient (Wildman–Crippen LogP) is 3.06. The van der Waals surface area contributed by atoms with Crippen LogP contribution >= 0.6 is 11.3 Å². The maximum atomic E-state index is 12.5. The molecule has 6 nitrogen and oxygen atoms in total. The molecule has 0 unspecified atom stereocenters. The van der Waals surface area contributed by atoms with Crippen LogP contribution in [0.15, 0.2) is 29.3 Å². The summed E-state index contributed by atoms with van der Waals surface area (Å²) in [7, 11) is 0. The van der Waals surface area contributed by atoms with Crippen LogP contribution in [0.5, 0.6) is 0 Å². The number of hydrogen-bond acceptors (Lipinski definition) is 5. The summed E-state index contributed by atoms with van der Waals surface area (Å²) >= 11 is 1.47. The Hall–Kier alpha value is -2.54. The topological polar surface area (TPSA) is 76.9 Å². The van der Waals surface area contributed by atoms with Crippen molar-refractivity contribution in [2.75, 3.05) is 5.32 Å². The van der Waals surface area contributed by atoms with E-state index in [1.807, 2.05) is 32.9 Å². The van der Waals surface area contributed by atoms with Crippen LogP contribution in [0.4, 0.5) is 5.13 Å². The van der Waals surface area contributed by atoms with Crippen molar-refractivity contribution in [1.29, 1.82) is 0 Å². The molecule has 0 atom stereocenters. The van der Waals surface area contributed by atoms with Gasteiger partial charge in [0, 0.05) is 17.8 Å². The number of thiazole rings is 1. The third kappa shape index (κ3) is 3.61. The lowest BCUT2D eigenvalue weighted by Gasteiger charge is -2.07. The number of rotatable bonds is 5. The monoisotopic (exact) mass is 356 g/mol. The summed E-state index contributed by atoms with van der Waals surface area (Å²) in [5, 5.41) is 3.99. The van der Waals surface area contributed by atoms with Crippen molar-refractivity contribution < 1.29 is 4.79 Å². The van der Waals surface area contributed by atoms with Crippen molar-refractivity contribution in [3.05, 3.63) is 51.0 Å². The van der Waals surface area contributed by atoms with E-state index in [1.165, 1.54) is 22.2 Å². The summed E-state index contributed by atoms with van der Waals surface area (Å²) in [6.45, 7) is 6.24. The van der Waals surface area contributed by atoms with Crippen LogP contribution in [0.25, 0.3) is 10.9 Å². The van der Waals surface area contributed by atoms with Crippen LogP contribution < -0.4 is 10.9 Å². The zero-order chi connectivity index (χ0) is 18.0. The van der Waals surface area contributed by atoms with Gasteiger partial charge in [-0.25, -0.2) is 9.97 Å². The van der Waals surface area contributed by atoms with Gasteiger partial charge in [0.15, 0.2) is 5.13 Å². The number of anilines is 1. The summed E-state index contributed by atoms with van der Waals surface area (Å²) in [6, 6.07) is 5.53. The Kier molecular flexibility index (Phi) is 4.94. The number of nitrogens with one attached hydrogen (secondary N) is 1. The van der Waals surface area contributed by atoms with E-state index >= 15 is 0 Å². The molecule has 0 radical (unpaired) electrons. The number of nitrogens with zero attached hydrogens (tertiary/aromatic N) is 3. The van der Waals surface area contributed by atoms with Gasteiger partial charge in [-0.05, 0) is 31.9 Å². The van der Waals surface area contributed by atoms with Crippen molar-refractivity contribution in [1.82, 2.24) is 14.5 Å². The third-order valence-electron chi connectivity index (χ3n) is 4.11. The Morgan fingerprint density at radius 2 is 2.12 bits per heavy atom. The minimum absolute atomic E-state index is 0.125. The van der Waals surface area contributed by atoms with Crippen LogP contribution in [0.1, 0.15) is 29.5 Å². The summed E-state index contributed by atoms with van der Waals surface area (Å²) < 4.78 is 1.48. The minimum Gasteiger partial charge on any atom is -0.302 e. The number of aryl methyl sites for hydroxylation is 4. The van der Waals surface area contributed by atoms with Crippen molar-refractivity contribution in [3.8, 4) is 0 Å². The molecule has 0 fully saturated rings. The van der Waals surface area contributed by atoms with Crippen LogP contribution in [0.2, 0.25) is 0 Å². The highest BCUT2D eigenvalue weighted by atomic mass is 32.1. The quantitative estimate of drug-likeness (QED) is 0.762. The van der Waals surface area contributed by atoms with Gasteiger partial charge in [-0.1, -0.05) is 19.1 Å². The summed E-state index contributed by atoms with van der Waals surface area (Å²) in [5.74, 6) is -0.160. The SMILES string of the molecule is CCc1nc(NC(=O)CCn2cnc3c(C)cccc3c2=O)sc1C. The molecule has 130 valence electrons. The van der Waals surface area contributed by atoms with Crippen LogP contribution in [-0.4, -0.2) is 20.4 Å². The molecule has 0 aliphatic heterocycles. The molecule has 1 amide bonds. The number of amides is 1. The van der Waals surface area contributed by atoms with Gasteiger partial charge in [-0.3, -0.25) is 14.2 Å². The Morgan fingerprint density at radius 3 is 2.84 bits per heavy atom. The molecular weight excluding hydrogens is 336 g/mol. The first-order valence-corrected chi connectivity index (χ1v) is 9.02. The van der Waals surface area contributed by atoms with Crippen molar-refractivity contribution in [2.45, 2.75) is 40.2 Å². The molecule has 2 heterocycles. The predicted molar refractivity (Wildman–Crippen MR) is 100 cm³/mol. The molecule has 3 aromatic rings. The van der Waals surface area contributed by atoms with E-state index < -0.39 is 0 Å². The van der Waals surface area contributed by atoms with Crippen molar-refractivity contribution in [2.24, 2.45) is 0 Å². The fraction of sp³-hybridized carbons (Fsp3) is 0.333. The first kappa shape index (κ1) is 17.3. The Bertz CT molecular complexity index is 990. The highest BCUT2D eigenvalue weighted by Crippen LogP contribution is 2.22. The normalized spacial score (nSPS) is 11.0. The molecule has 0 saturated heterocycles. The first-order chi connectivity index (χ1) is 12.0. The van der Waals surface area contributed by atoms with Gasteiger partial charge in [-0.2, -0.15) is 0 Å². The Labute approximate surface area is 149 Å². The maximum absolute atomic E-state index is 12.5. The van der Waals surface area contributed by atoms with E-state index in [1.54, 1.807) is 6.07 Å². The average Bonchev–Trinajstić information content (AvgIpc) is 2.94. The van der Waals surface area contributed by atoms with Gasteiger partial charge in [0.1, 0.15) is 0 Å². The van der Waals surface area contributed by atoms with Gasteiger partial charge >= 0.3 is 0 Å². The number of para-hydroxylation sites is 1. The van der Waals surface area contributed by atoms with Crippen molar-refractivity contribution >= 4 is 33.3 Å². The number of carbonyl (C=O) groups excluding carboxylic acids is 1. The van der Waals surface area contributed by atoms with Gasteiger partial charge in [-0.15, -0.1) is 11.3 Å². The summed E-state index contributed by atoms with van der Waals surface area (Å²) in [6.07, 6.45) is 2.54. The maximum Gasteiger partial charge on any atom is 0.261 e. The van der Waals surface area contributed by atoms with Gasteiger partial charge < -0.3 is 5.32 Å². The number of aromatic nitrogens is 3. The smallest absolute Gasteiger partial charge is 0.261 e. The molecule has 0 saturated carbocycles. The van der Waals surface area contributed by atoms with E-state index in [0.717, 1.165) is 22.6 Å². The largest absolute Gasteiger partial charge is 0.302 e. The molecule has 0 aliphatic carbocycles. The zero-order valence-corrected chi connectivity index (χ0v) is 15.3. The lowest BCUT2D eigenvalue weighted by molar-refractivity contribution is -0.116. The average molecular weight is 356 g/mol. The van der Waals surface area contributed by atoms with E-state index in [0.29, 0.717) is 16.0 Å². The molecular formula is C18H20N4O2S. The van der Waals surface area contributed by atoms with Gasteiger partial charge in [0.25, 0.3) is 5.56 Å². The summed E-state index contributed by atoms with van der Waals surface area (Å²) in [4.78, 5) is 34.5. The number of benzene rings is 1. The molecule has 0 spiro atoms. The Balaban J connectivity index is 1.70. The zero-order valence-electron chi connectivity index (χ0n) is 14.5. The number of hydrogen-bond donors (Lipinski definition) is 1. The standard InChI is InChI=1S/C18H20N4O2S/c1-4-14-12(3)25-18(20-14)21-15(23)8-9-22-10-19-16-11(2)6-5-7-13(16)17(22)24/h5-7,10H,4,8-9H2,1-3H3,(H,20,21,23). The summed E-state index contributed by atoms with van der Waals surface area (Å²) in [5.41, 5.74) is 2.55. The molecule has 3 rings (SSSR count). The minimum atomic E-state index is -0.160. The number of carbonyl (C=O) groups is 1. The van der Waals surface area contributed by atoms with E-state index in [-0.39, 0.29) is 24.4 Å². The number of fused-ring (bicyclic) bond motifs is 1. The second kappa shape index (κ2) is 7.14. The molecule has 1 aromatic carbocycles. The molecule has 2 aromatic heterocycles. The fourth-order valence-corrected chi connectivity index (χ4v) is 3.63. The molecule has 25 heavy (non-hydrogen) atoms. The van der Waals surface area contributed by atoms with E-state index in [9.17, 15) is 9.59 Å². The van der Waals surface area contributed by atoms with E-state index in [4.69, 9.17) is 0 Å². The lowest BCUT2D eigenvalue weighted by Crippen LogP contribution is -2.23. The molecule has 0 bridgehead atoms. The highest BCUT2D eigenvalue weighted by molar-refractivity contribution is 7.15. The lowest BCUT2D eigenvalue weighted by atomic mass is 10.1. The highest BCUT2D eigenvalue weighted by Gasteiger charge is 2.11. The third-order valence-corrected chi connectivity index (χ3v) is 5.04. The van der Waals surface area contributed by atoms with Gasteiger partial charge in [0.05, 0.1) is 22.9 Å². The Morgan fingerprint density at radius 1 is 1.32 bits per heavy atom. The molecule has 7 heteroatoms. The van der Waals surface area contributed by atoms with Crippen LogP contribution in [0, 0.1) is 13.8 Å². The first-order valence-electron chi connectivity index (χ1n) is 8.20. The second-order valence-corrected chi connectivity index (χ2v) is 7.09. The van der Waals surface area contributed by atoms with Crippen molar-refractivity contribution in [3.63, 3.8) is 0 Å². The molecule has 0 aliphatic rings. The molecule has 1 N–H and O–H groups in total. The fourth-order valence-electron chi connectivity index (χ4n) is 2.71.